The SMILES string of the molecule is CS(=O)(=O)C1CCN(C(=O)C(F)(F)C(F)(F)C(F)(F)F)C1. The van der Waals surface area contributed by atoms with Crippen LogP contribution in [-0.4, -0.2) is 61.8 Å². The van der Waals surface area contributed by atoms with Gasteiger partial charge in [0.2, 0.25) is 0 Å². The molecule has 0 N–H and O–H groups in total. The lowest BCUT2D eigenvalue weighted by Gasteiger charge is -2.30. The Morgan fingerprint density at radius 3 is 1.90 bits per heavy atom. The average molecular weight is 345 g/mol. The van der Waals surface area contributed by atoms with Crippen LogP contribution in [0.25, 0.3) is 0 Å². The number of sulfone groups is 1. The van der Waals surface area contributed by atoms with Gasteiger partial charge in [0.15, 0.2) is 9.84 Å². The highest BCUT2D eigenvalue weighted by Gasteiger charge is 2.77. The minimum atomic E-state index is -6.61. The molecule has 1 rings (SSSR count). The molecule has 0 aromatic rings. The van der Waals surface area contributed by atoms with Crippen LogP contribution in [0.3, 0.4) is 0 Å². The van der Waals surface area contributed by atoms with E-state index in [0.29, 0.717) is 0 Å². The number of hydrogen-bond donors (Lipinski definition) is 0. The Kier molecular flexibility index (Phi) is 4.27. The van der Waals surface area contributed by atoms with Crippen molar-refractivity contribution in [2.75, 3.05) is 19.3 Å². The van der Waals surface area contributed by atoms with Crippen LogP contribution in [0, 0.1) is 0 Å². The van der Waals surface area contributed by atoms with E-state index in [4.69, 9.17) is 0 Å². The minimum Gasteiger partial charge on any atom is -0.336 e. The Balaban J connectivity index is 2.99. The second kappa shape index (κ2) is 4.99. The number of hydrogen-bond acceptors (Lipinski definition) is 3. The first-order valence-corrected chi connectivity index (χ1v) is 7.38. The molecule has 1 aliphatic rings. The summed E-state index contributed by atoms with van der Waals surface area (Å²) in [5.74, 6) is -15.3. The van der Waals surface area contributed by atoms with Gasteiger partial charge in [0.25, 0.3) is 5.91 Å². The van der Waals surface area contributed by atoms with E-state index in [1.165, 1.54) is 0 Å². The smallest absolute Gasteiger partial charge is 0.336 e. The number of amides is 1. The van der Waals surface area contributed by atoms with Gasteiger partial charge in [-0.2, -0.15) is 30.7 Å². The summed E-state index contributed by atoms with van der Waals surface area (Å²) in [4.78, 5) is 11.2. The van der Waals surface area contributed by atoms with Gasteiger partial charge in [0, 0.05) is 19.3 Å². The molecule has 1 unspecified atom stereocenters. The predicted octanol–water partition coefficient (Wildman–Crippen LogP) is 1.46. The average Bonchev–Trinajstić information content (AvgIpc) is 2.74. The molecule has 12 heteroatoms. The molecule has 0 saturated carbocycles. The first-order valence-electron chi connectivity index (χ1n) is 5.43. The molecule has 4 nitrogen and oxygen atoms in total. The maximum absolute atomic E-state index is 13.2. The van der Waals surface area contributed by atoms with Gasteiger partial charge in [-0.05, 0) is 6.42 Å². The fraction of sp³-hybridized carbons (Fsp3) is 0.889. The lowest BCUT2D eigenvalue weighted by Crippen LogP contribution is -2.60. The molecule has 21 heavy (non-hydrogen) atoms. The van der Waals surface area contributed by atoms with Crippen molar-refractivity contribution < 1.29 is 43.9 Å². The first kappa shape index (κ1) is 18.0. The fourth-order valence-electron chi connectivity index (χ4n) is 1.77. The molecule has 1 saturated heterocycles. The Morgan fingerprint density at radius 2 is 1.57 bits per heavy atom. The highest BCUT2D eigenvalue weighted by Crippen LogP contribution is 2.47. The van der Waals surface area contributed by atoms with E-state index in [9.17, 15) is 43.9 Å². The molecule has 1 amide bonds. The summed E-state index contributed by atoms with van der Waals surface area (Å²) in [6.07, 6.45) is -6.17. The molecule has 0 bridgehead atoms. The third-order valence-corrected chi connectivity index (χ3v) is 4.65. The molecule has 1 fully saturated rings. The quantitative estimate of drug-likeness (QED) is 0.728. The van der Waals surface area contributed by atoms with E-state index in [1.807, 2.05) is 0 Å². The van der Waals surface area contributed by atoms with Gasteiger partial charge in [0.05, 0.1) is 5.25 Å². The van der Waals surface area contributed by atoms with Gasteiger partial charge >= 0.3 is 18.0 Å². The molecule has 1 heterocycles. The molecule has 0 aromatic heterocycles. The number of halogens is 7. The molecule has 1 atom stereocenters. The summed E-state index contributed by atoms with van der Waals surface area (Å²) in [7, 11) is -3.73. The van der Waals surface area contributed by atoms with Crippen molar-refractivity contribution in [3.05, 3.63) is 0 Å². The molecule has 124 valence electrons. The predicted molar refractivity (Wildman–Crippen MR) is 55.8 cm³/mol. The van der Waals surface area contributed by atoms with E-state index >= 15 is 0 Å². The van der Waals surface area contributed by atoms with E-state index in [-0.39, 0.29) is 11.3 Å². The maximum atomic E-state index is 13.2. The summed E-state index contributed by atoms with van der Waals surface area (Å²) < 4.78 is 110. The summed E-state index contributed by atoms with van der Waals surface area (Å²) in [6, 6.07) is 0. The van der Waals surface area contributed by atoms with Crippen LogP contribution >= 0.6 is 0 Å². The number of likely N-dealkylation sites (tertiary alicyclic amines) is 1. The topological polar surface area (TPSA) is 54.5 Å². The van der Waals surface area contributed by atoms with Crippen molar-refractivity contribution in [3.8, 4) is 0 Å². The van der Waals surface area contributed by atoms with Crippen LogP contribution in [0.2, 0.25) is 0 Å². The van der Waals surface area contributed by atoms with Gasteiger partial charge in [-0.3, -0.25) is 4.79 Å². The summed E-state index contributed by atoms with van der Waals surface area (Å²) in [6.45, 7) is -1.48. The summed E-state index contributed by atoms with van der Waals surface area (Å²) in [5, 5.41) is -1.27. The standard InChI is InChI=1S/C9H10F7NO3S/c1-21(19,20)5-2-3-17(4-5)6(18)7(10,11)8(12,13)9(14,15)16/h5H,2-4H2,1H3. The molecule has 0 spiro atoms. The Hall–Kier alpha value is -1.07. The molecule has 1 aliphatic heterocycles. The highest BCUT2D eigenvalue weighted by atomic mass is 32.2. The van der Waals surface area contributed by atoms with Crippen LogP contribution in [0.4, 0.5) is 30.7 Å². The molecular weight excluding hydrogens is 335 g/mol. The Labute approximate surface area is 114 Å². The van der Waals surface area contributed by atoms with Gasteiger partial charge in [0.1, 0.15) is 0 Å². The van der Waals surface area contributed by atoms with Gasteiger partial charge in [-0.25, -0.2) is 8.42 Å². The summed E-state index contributed by atoms with van der Waals surface area (Å²) >= 11 is 0. The van der Waals surface area contributed by atoms with Crippen LogP contribution in [0.1, 0.15) is 6.42 Å². The van der Waals surface area contributed by atoms with Gasteiger partial charge < -0.3 is 4.90 Å². The maximum Gasteiger partial charge on any atom is 0.460 e. The van der Waals surface area contributed by atoms with Crippen molar-refractivity contribution in [1.29, 1.82) is 0 Å². The van der Waals surface area contributed by atoms with Crippen molar-refractivity contribution in [2.45, 2.75) is 29.7 Å². The fourth-order valence-corrected chi connectivity index (χ4v) is 2.76. The largest absolute Gasteiger partial charge is 0.460 e. The first-order chi connectivity index (χ1) is 9.12. The monoisotopic (exact) mass is 345 g/mol. The number of alkyl halides is 7. The number of carbonyl (C=O) groups excluding carboxylic acids is 1. The zero-order valence-electron chi connectivity index (χ0n) is 10.4. The highest BCUT2D eigenvalue weighted by molar-refractivity contribution is 7.91. The lowest BCUT2D eigenvalue weighted by atomic mass is 10.1. The molecule has 0 aromatic carbocycles. The summed E-state index contributed by atoms with van der Waals surface area (Å²) in [5.41, 5.74) is 0. The van der Waals surface area contributed by atoms with Crippen molar-refractivity contribution in [3.63, 3.8) is 0 Å². The van der Waals surface area contributed by atoms with E-state index < -0.39 is 52.1 Å². The van der Waals surface area contributed by atoms with Gasteiger partial charge in [-0.15, -0.1) is 0 Å². The zero-order valence-corrected chi connectivity index (χ0v) is 11.2. The zero-order chi connectivity index (χ0) is 16.9. The van der Waals surface area contributed by atoms with Crippen LogP contribution < -0.4 is 0 Å². The van der Waals surface area contributed by atoms with Crippen LogP contribution in [-0.2, 0) is 14.6 Å². The van der Waals surface area contributed by atoms with E-state index in [2.05, 4.69) is 0 Å². The van der Waals surface area contributed by atoms with E-state index in [0.717, 1.165) is 6.26 Å². The third-order valence-electron chi connectivity index (χ3n) is 3.06. The Morgan fingerprint density at radius 1 is 1.10 bits per heavy atom. The van der Waals surface area contributed by atoms with Gasteiger partial charge in [-0.1, -0.05) is 0 Å². The normalized spacial score (nSPS) is 21.7. The lowest BCUT2D eigenvalue weighted by molar-refractivity contribution is -0.345. The second-order valence-electron chi connectivity index (χ2n) is 4.64. The number of carbonyl (C=O) groups is 1. The van der Waals surface area contributed by atoms with Crippen molar-refractivity contribution in [1.82, 2.24) is 4.90 Å². The second-order valence-corrected chi connectivity index (χ2v) is 6.96. The van der Waals surface area contributed by atoms with Crippen LogP contribution in [0.5, 0.6) is 0 Å². The van der Waals surface area contributed by atoms with Crippen LogP contribution in [0.15, 0.2) is 0 Å². The molecule has 0 aliphatic carbocycles. The minimum absolute atomic E-state index is 0.00532. The van der Waals surface area contributed by atoms with Crippen molar-refractivity contribution in [2.24, 2.45) is 0 Å². The van der Waals surface area contributed by atoms with E-state index in [1.54, 1.807) is 0 Å². The van der Waals surface area contributed by atoms with Crippen molar-refractivity contribution >= 4 is 15.7 Å². The number of rotatable bonds is 3. The molecular formula is C9H10F7NO3S. The Bertz CT molecular complexity index is 528. The number of nitrogens with zero attached hydrogens (tertiary/aromatic N) is 1. The molecule has 0 radical (unpaired) electrons. The third kappa shape index (κ3) is 3.09.